The zero-order chi connectivity index (χ0) is 18.9. The first-order valence-electron chi connectivity index (χ1n) is 11.6. The van der Waals surface area contributed by atoms with Crippen LogP contribution >= 0.6 is 0 Å². The smallest absolute Gasteiger partial charge is 0.0827 e. The highest BCUT2D eigenvalue weighted by Gasteiger charge is 2.31. The quantitative estimate of drug-likeness (QED) is 0.431. The van der Waals surface area contributed by atoms with Gasteiger partial charge in [0.1, 0.15) is 0 Å². The lowest BCUT2D eigenvalue weighted by Gasteiger charge is -2.38. The summed E-state index contributed by atoms with van der Waals surface area (Å²) in [6.07, 6.45) is 19.6. The van der Waals surface area contributed by atoms with Gasteiger partial charge in [-0.2, -0.15) is 0 Å². The standard InChI is InChI=1S/C26H39F/c1-2-3-6-21-8-12-23(13-9-21)25-16-18-26(19-17-25)24-14-10-22(11-15-24)7-4-5-20-27/h5,8-9,12-13,20,22,24-26H,2-4,6-7,10-11,14-19H2,1H3/t22-,24-,25-,26-. The molecule has 1 heteroatoms. The molecule has 0 aliphatic heterocycles. The van der Waals surface area contributed by atoms with Gasteiger partial charge >= 0.3 is 0 Å². The van der Waals surface area contributed by atoms with Gasteiger partial charge in [-0.05, 0) is 99.0 Å². The van der Waals surface area contributed by atoms with E-state index in [1.165, 1.54) is 82.6 Å². The summed E-state index contributed by atoms with van der Waals surface area (Å²) in [5.74, 6) is 3.58. The van der Waals surface area contributed by atoms with Crippen LogP contribution in [0.3, 0.4) is 0 Å². The lowest BCUT2D eigenvalue weighted by Crippen LogP contribution is -2.25. The van der Waals surface area contributed by atoms with Crippen molar-refractivity contribution in [2.75, 3.05) is 0 Å². The lowest BCUT2D eigenvalue weighted by molar-refractivity contribution is 0.157. The van der Waals surface area contributed by atoms with Crippen LogP contribution in [-0.2, 0) is 6.42 Å². The Labute approximate surface area is 166 Å². The molecule has 0 aromatic heterocycles. The number of benzene rings is 1. The molecule has 150 valence electrons. The van der Waals surface area contributed by atoms with Gasteiger partial charge in [0.2, 0.25) is 0 Å². The zero-order valence-electron chi connectivity index (χ0n) is 17.3. The summed E-state index contributed by atoms with van der Waals surface area (Å²) in [5, 5.41) is 0. The molecule has 2 fully saturated rings. The topological polar surface area (TPSA) is 0 Å². The predicted molar refractivity (Wildman–Crippen MR) is 115 cm³/mol. The van der Waals surface area contributed by atoms with Crippen LogP contribution in [0.2, 0.25) is 0 Å². The largest absolute Gasteiger partial charge is 0.216 e. The number of hydrogen-bond acceptors (Lipinski definition) is 0. The number of aryl methyl sites for hydroxylation is 1. The summed E-state index contributed by atoms with van der Waals surface area (Å²) in [6.45, 7) is 2.27. The Morgan fingerprint density at radius 1 is 0.889 bits per heavy atom. The minimum Gasteiger partial charge on any atom is -0.216 e. The summed E-state index contributed by atoms with van der Waals surface area (Å²) in [6, 6.07) is 9.56. The van der Waals surface area contributed by atoms with Crippen LogP contribution in [0.1, 0.15) is 101 Å². The Hall–Kier alpha value is -1.11. The van der Waals surface area contributed by atoms with Crippen molar-refractivity contribution in [3.05, 3.63) is 47.8 Å². The Morgan fingerprint density at radius 2 is 1.52 bits per heavy atom. The van der Waals surface area contributed by atoms with Gasteiger partial charge < -0.3 is 0 Å². The Balaban J connectivity index is 1.40. The Bertz CT molecular complexity index is 542. The average molecular weight is 371 g/mol. The molecule has 0 radical (unpaired) electrons. The fourth-order valence-electron chi connectivity index (χ4n) is 5.60. The maximum Gasteiger partial charge on any atom is 0.0827 e. The molecule has 0 N–H and O–H groups in total. The van der Waals surface area contributed by atoms with E-state index in [2.05, 4.69) is 31.2 Å². The molecule has 0 spiro atoms. The molecule has 1 aromatic rings. The number of unbranched alkanes of at least 4 members (excludes halogenated alkanes) is 1. The van der Waals surface area contributed by atoms with Gasteiger partial charge in [-0.1, -0.05) is 56.5 Å². The third-order valence-electron chi connectivity index (χ3n) is 7.43. The predicted octanol–water partition coefficient (Wildman–Crippen LogP) is 8.37. The van der Waals surface area contributed by atoms with Gasteiger partial charge in [-0.3, -0.25) is 0 Å². The second kappa shape index (κ2) is 11.0. The summed E-state index contributed by atoms with van der Waals surface area (Å²) in [7, 11) is 0. The fraction of sp³-hybridized carbons (Fsp3) is 0.692. The van der Waals surface area contributed by atoms with E-state index >= 15 is 0 Å². The van der Waals surface area contributed by atoms with Gasteiger partial charge in [0.15, 0.2) is 0 Å². The Kier molecular flexibility index (Phi) is 8.42. The van der Waals surface area contributed by atoms with Crippen LogP contribution in [0, 0.1) is 17.8 Å². The summed E-state index contributed by atoms with van der Waals surface area (Å²) in [4.78, 5) is 0. The molecule has 3 rings (SSSR count). The van der Waals surface area contributed by atoms with Crippen LogP contribution in [-0.4, -0.2) is 0 Å². The molecule has 0 saturated heterocycles. The minimum absolute atomic E-state index is 0.711. The third-order valence-corrected chi connectivity index (χ3v) is 7.43. The van der Waals surface area contributed by atoms with E-state index in [1.807, 2.05) is 0 Å². The maximum atomic E-state index is 12.1. The number of allylic oxidation sites excluding steroid dienone is 1. The van der Waals surface area contributed by atoms with E-state index in [0.29, 0.717) is 6.33 Å². The van der Waals surface area contributed by atoms with Crippen molar-refractivity contribution < 1.29 is 4.39 Å². The van der Waals surface area contributed by atoms with Crippen molar-refractivity contribution in [2.24, 2.45) is 17.8 Å². The molecule has 2 aliphatic rings. The van der Waals surface area contributed by atoms with Crippen LogP contribution in [0.5, 0.6) is 0 Å². The van der Waals surface area contributed by atoms with Crippen LogP contribution in [0.25, 0.3) is 0 Å². The lowest BCUT2D eigenvalue weighted by atomic mass is 9.68. The molecule has 27 heavy (non-hydrogen) atoms. The average Bonchev–Trinajstić information content (AvgIpc) is 2.73. The molecule has 0 bridgehead atoms. The highest BCUT2D eigenvalue weighted by Crippen LogP contribution is 2.44. The maximum absolute atomic E-state index is 12.1. The number of hydrogen-bond donors (Lipinski definition) is 0. The first kappa shape index (κ1) is 20.6. The molecule has 0 heterocycles. The highest BCUT2D eigenvalue weighted by atomic mass is 19.1. The van der Waals surface area contributed by atoms with E-state index in [9.17, 15) is 4.39 Å². The minimum atomic E-state index is 0.711. The van der Waals surface area contributed by atoms with Crippen molar-refractivity contribution in [2.45, 2.75) is 96.3 Å². The third kappa shape index (κ3) is 6.19. The van der Waals surface area contributed by atoms with Gasteiger partial charge in [0, 0.05) is 0 Å². The molecule has 0 atom stereocenters. The van der Waals surface area contributed by atoms with Gasteiger partial charge in [0.25, 0.3) is 0 Å². The molecule has 0 nitrogen and oxygen atoms in total. The second-order valence-corrected chi connectivity index (χ2v) is 9.18. The van der Waals surface area contributed by atoms with Gasteiger partial charge in [-0.15, -0.1) is 0 Å². The first-order valence-corrected chi connectivity index (χ1v) is 11.6. The van der Waals surface area contributed by atoms with Crippen molar-refractivity contribution in [3.8, 4) is 0 Å². The molecular formula is C26H39F. The first-order chi connectivity index (χ1) is 13.3. The molecule has 0 amide bonds. The van der Waals surface area contributed by atoms with E-state index in [4.69, 9.17) is 0 Å². The molecule has 0 unspecified atom stereocenters. The Morgan fingerprint density at radius 3 is 2.11 bits per heavy atom. The number of halogens is 1. The summed E-state index contributed by atoms with van der Waals surface area (Å²) in [5.41, 5.74) is 3.09. The van der Waals surface area contributed by atoms with Crippen LogP contribution in [0.4, 0.5) is 4.39 Å². The van der Waals surface area contributed by atoms with Gasteiger partial charge in [-0.25, -0.2) is 4.39 Å². The van der Waals surface area contributed by atoms with Crippen LogP contribution < -0.4 is 0 Å². The van der Waals surface area contributed by atoms with Crippen molar-refractivity contribution in [1.82, 2.24) is 0 Å². The molecule has 2 aliphatic carbocycles. The number of rotatable bonds is 8. The fourth-order valence-corrected chi connectivity index (χ4v) is 5.60. The van der Waals surface area contributed by atoms with E-state index in [1.54, 1.807) is 11.6 Å². The zero-order valence-corrected chi connectivity index (χ0v) is 17.3. The van der Waals surface area contributed by atoms with Crippen molar-refractivity contribution >= 4 is 0 Å². The van der Waals surface area contributed by atoms with Crippen LogP contribution in [0.15, 0.2) is 36.7 Å². The van der Waals surface area contributed by atoms with Crippen molar-refractivity contribution in [3.63, 3.8) is 0 Å². The molecular weight excluding hydrogens is 331 g/mol. The highest BCUT2D eigenvalue weighted by molar-refractivity contribution is 5.26. The SMILES string of the molecule is CCCCc1ccc([C@H]2CC[C@H]([C@H]3CC[C@H](CCC=CF)CC3)CC2)cc1. The van der Waals surface area contributed by atoms with E-state index in [-0.39, 0.29) is 0 Å². The van der Waals surface area contributed by atoms with E-state index < -0.39 is 0 Å². The van der Waals surface area contributed by atoms with Gasteiger partial charge in [0.05, 0.1) is 6.33 Å². The van der Waals surface area contributed by atoms with Crippen molar-refractivity contribution in [1.29, 1.82) is 0 Å². The normalized spacial score (nSPS) is 29.3. The summed E-state index contributed by atoms with van der Waals surface area (Å²) < 4.78 is 12.1. The van der Waals surface area contributed by atoms with E-state index in [0.717, 1.165) is 30.1 Å². The molecule has 2 saturated carbocycles. The molecule has 1 aromatic carbocycles. The summed E-state index contributed by atoms with van der Waals surface area (Å²) >= 11 is 0. The monoisotopic (exact) mass is 370 g/mol. The second-order valence-electron chi connectivity index (χ2n) is 9.18.